The summed E-state index contributed by atoms with van der Waals surface area (Å²) < 4.78 is 5.33. The molecule has 0 amide bonds. The van der Waals surface area contributed by atoms with E-state index in [0.717, 1.165) is 41.6 Å². The predicted octanol–water partition coefficient (Wildman–Crippen LogP) is 3.94. The number of H-pyrrole nitrogens is 1. The summed E-state index contributed by atoms with van der Waals surface area (Å²) in [5, 5.41) is 10.3. The van der Waals surface area contributed by atoms with Gasteiger partial charge in [0.25, 0.3) is 5.56 Å². The van der Waals surface area contributed by atoms with Gasteiger partial charge in [-0.15, -0.1) is 11.3 Å². The number of nitrogens with zero attached hydrogens (tertiary/aromatic N) is 2. The highest BCUT2D eigenvalue weighted by Gasteiger charge is 2.20. The molecule has 0 fully saturated rings. The number of aromatic nitrogens is 2. The number of aromatic amines is 1. The van der Waals surface area contributed by atoms with Crippen molar-refractivity contribution in [1.29, 1.82) is 5.26 Å². The van der Waals surface area contributed by atoms with E-state index in [1.165, 1.54) is 4.88 Å². The zero-order valence-corrected chi connectivity index (χ0v) is 15.2. The first-order chi connectivity index (χ1) is 12.7. The van der Waals surface area contributed by atoms with Crippen LogP contribution in [0.2, 0.25) is 0 Å². The van der Waals surface area contributed by atoms with Crippen molar-refractivity contribution in [2.45, 2.75) is 25.7 Å². The number of aryl methyl sites for hydroxylation is 2. The fourth-order valence-electron chi connectivity index (χ4n) is 3.39. The van der Waals surface area contributed by atoms with Gasteiger partial charge >= 0.3 is 0 Å². The molecule has 4 rings (SSSR count). The molecule has 0 radical (unpaired) electrons. The zero-order valence-electron chi connectivity index (χ0n) is 14.3. The van der Waals surface area contributed by atoms with Gasteiger partial charge in [-0.1, -0.05) is 18.2 Å². The molecular formula is C20H17N3O2S. The molecule has 2 aromatic heterocycles. The molecule has 1 aliphatic rings. The Bertz CT molecular complexity index is 1120. The average Bonchev–Trinajstić information content (AvgIpc) is 3.05. The van der Waals surface area contributed by atoms with E-state index < -0.39 is 0 Å². The van der Waals surface area contributed by atoms with Crippen molar-refractivity contribution in [2.24, 2.45) is 0 Å². The number of fused-ring (bicyclic) bond motifs is 3. The van der Waals surface area contributed by atoms with Gasteiger partial charge in [0, 0.05) is 10.4 Å². The maximum Gasteiger partial charge on any atom is 0.260 e. The lowest BCUT2D eigenvalue weighted by Crippen LogP contribution is -2.12. The SMILES string of the molecule is COc1ccccc1/C=C(/C#N)c1nc2sc3c(c2c(=O)[nH]1)CCCC3. The van der Waals surface area contributed by atoms with E-state index in [1.54, 1.807) is 24.5 Å². The Morgan fingerprint density at radius 2 is 2.15 bits per heavy atom. The molecule has 0 saturated carbocycles. The monoisotopic (exact) mass is 363 g/mol. The average molecular weight is 363 g/mol. The number of thiophene rings is 1. The smallest absolute Gasteiger partial charge is 0.260 e. The minimum absolute atomic E-state index is 0.162. The van der Waals surface area contributed by atoms with Crippen molar-refractivity contribution < 1.29 is 4.74 Å². The third-order valence-electron chi connectivity index (χ3n) is 4.64. The number of hydrogen-bond donors (Lipinski definition) is 1. The van der Waals surface area contributed by atoms with Crippen LogP contribution >= 0.6 is 11.3 Å². The van der Waals surface area contributed by atoms with Crippen LogP contribution in [-0.4, -0.2) is 17.1 Å². The van der Waals surface area contributed by atoms with Crippen molar-refractivity contribution in [1.82, 2.24) is 9.97 Å². The first kappa shape index (κ1) is 16.6. The Morgan fingerprint density at radius 3 is 2.96 bits per heavy atom. The molecule has 3 aromatic rings. The number of rotatable bonds is 3. The van der Waals surface area contributed by atoms with E-state index in [2.05, 4.69) is 16.0 Å². The molecule has 130 valence electrons. The number of methoxy groups -OCH3 is 1. The highest BCUT2D eigenvalue weighted by molar-refractivity contribution is 7.18. The summed E-state index contributed by atoms with van der Waals surface area (Å²) in [4.78, 5) is 22.1. The van der Waals surface area contributed by atoms with Crippen LogP contribution in [-0.2, 0) is 12.8 Å². The Labute approximate surface area is 154 Å². The van der Waals surface area contributed by atoms with E-state index in [1.807, 2.05) is 24.3 Å². The molecule has 0 aliphatic heterocycles. The minimum Gasteiger partial charge on any atom is -0.496 e. The second-order valence-electron chi connectivity index (χ2n) is 6.22. The van der Waals surface area contributed by atoms with E-state index in [9.17, 15) is 10.1 Å². The molecule has 0 atom stereocenters. The van der Waals surface area contributed by atoms with Gasteiger partial charge in [0.1, 0.15) is 16.6 Å². The van der Waals surface area contributed by atoms with E-state index in [4.69, 9.17) is 4.74 Å². The van der Waals surface area contributed by atoms with Crippen LogP contribution in [0.4, 0.5) is 0 Å². The maximum absolute atomic E-state index is 12.7. The second-order valence-corrected chi connectivity index (χ2v) is 7.30. The maximum atomic E-state index is 12.7. The van der Waals surface area contributed by atoms with Gasteiger partial charge in [-0.3, -0.25) is 4.79 Å². The first-order valence-corrected chi connectivity index (χ1v) is 9.32. The molecule has 6 heteroatoms. The number of hydrogen-bond acceptors (Lipinski definition) is 5. The minimum atomic E-state index is -0.162. The van der Waals surface area contributed by atoms with Gasteiger partial charge < -0.3 is 9.72 Å². The number of para-hydroxylation sites is 1. The fraction of sp³-hybridized carbons (Fsp3) is 0.250. The summed E-state index contributed by atoms with van der Waals surface area (Å²) in [6, 6.07) is 9.57. The van der Waals surface area contributed by atoms with E-state index in [-0.39, 0.29) is 5.56 Å². The Hall–Kier alpha value is -2.91. The van der Waals surface area contributed by atoms with Gasteiger partial charge in [-0.25, -0.2) is 4.98 Å². The van der Waals surface area contributed by atoms with Crippen LogP contribution in [0, 0.1) is 11.3 Å². The molecule has 0 bridgehead atoms. The number of nitriles is 1. The molecule has 0 spiro atoms. The fourth-order valence-corrected chi connectivity index (χ4v) is 4.65. The van der Waals surface area contributed by atoms with Gasteiger partial charge in [0.2, 0.25) is 0 Å². The number of benzene rings is 1. The van der Waals surface area contributed by atoms with Crippen molar-refractivity contribution in [3.05, 3.63) is 56.4 Å². The molecular weight excluding hydrogens is 346 g/mol. The van der Waals surface area contributed by atoms with Crippen LogP contribution in [0.3, 0.4) is 0 Å². The summed E-state index contributed by atoms with van der Waals surface area (Å²) >= 11 is 1.58. The van der Waals surface area contributed by atoms with Crippen LogP contribution in [0.25, 0.3) is 21.9 Å². The highest BCUT2D eigenvalue weighted by atomic mass is 32.1. The van der Waals surface area contributed by atoms with Crippen molar-refractivity contribution >= 4 is 33.2 Å². The van der Waals surface area contributed by atoms with E-state index in [0.29, 0.717) is 22.5 Å². The standard InChI is InChI=1S/C20H17N3O2S/c1-25-15-8-4-2-6-12(15)10-13(11-21)18-22-19(24)17-14-7-3-5-9-16(14)26-20(17)23-18/h2,4,6,8,10H,3,5,7,9H2,1H3,(H,22,23,24)/b13-10-. The Balaban J connectivity index is 1.86. The van der Waals surface area contributed by atoms with Crippen molar-refractivity contribution in [3.8, 4) is 11.8 Å². The van der Waals surface area contributed by atoms with Gasteiger partial charge in [-0.2, -0.15) is 5.26 Å². The second kappa shape index (κ2) is 6.77. The van der Waals surface area contributed by atoms with Crippen LogP contribution in [0.5, 0.6) is 5.75 Å². The molecule has 1 aromatic carbocycles. The quantitative estimate of drug-likeness (QED) is 0.715. The molecule has 0 unspecified atom stereocenters. The molecule has 2 heterocycles. The Kier molecular flexibility index (Phi) is 4.31. The van der Waals surface area contributed by atoms with Crippen molar-refractivity contribution in [2.75, 3.05) is 7.11 Å². The first-order valence-electron chi connectivity index (χ1n) is 8.51. The summed E-state index contributed by atoms with van der Waals surface area (Å²) in [6.45, 7) is 0. The van der Waals surface area contributed by atoms with E-state index >= 15 is 0 Å². The predicted molar refractivity (Wildman–Crippen MR) is 103 cm³/mol. The number of ether oxygens (including phenoxy) is 1. The largest absolute Gasteiger partial charge is 0.496 e. The van der Waals surface area contributed by atoms with Gasteiger partial charge in [0.15, 0.2) is 5.82 Å². The summed E-state index contributed by atoms with van der Waals surface area (Å²) in [7, 11) is 1.58. The van der Waals surface area contributed by atoms with Gasteiger partial charge in [-0.05, 0) is 43.4 Å². The molecule has 26 heavy (non-hydrogen) atoms. The number of allylic oxidation sites excluding steroid dienone is 1. The lowest BCUT2D eigenvalue weighted by molar-refractivity contribution is 0.414. The zero-order chi connectivity index (χ0) is 18.1. The summed E-state index contributed by atoms with van der Waals surface area (Å²) in [5.74, 6) is 0.963. The highest BCUT2D eigenvalue weighted by Crippen LogP contribution is 2.34. The number of nitrogens with one attached hydrogen (secondary N) is 1. The molecule has 0 saturated heterocycles. The van der Waals surface area contributed by atoms with Crippen LogP contribution < -0.4 is 10.3 Å². The summed E-state index contributed by atoms with van der Waals surface area (Å²) in [6.07, 6.45) is 5.89. The van der Waals surface area contributed by atoms with Crippen molar-refractivity contribution in [3.63, 3.8) is 0 Å². The Morgan fingerprint density at radius 1 is 1.35 bits per heavy atom. The normalized spacial score (nSPS) is 14.1. The molecule has 5 nitrogen and oxygen atoms in total. The van der Waals surface area contributed by atoms with Gasteiger partial charge in [0.05, 0.1) is 18.1 Å². The molecule has 1 aliphatic carbocycles. The third-order valence-corrected chi connectivity index (χ3v) is 5.83. The lowest BCUT2D eigenvalue weighted by atomic mass is 9.97. The lowest BCUT2D eigenvalue weighted by Gasteiger charge is -2.09. The van der Waals surface area contributed by atoms with Crippen LogP contribution in [0.1, 0.15) is 34.7 Å². The van der Waals surface area contributed by atoms with Crippen LogP contribution in [0.15, 0.2) is 29.1 Å². The topological polar surface area (TPSA) is 78.8 Å². The molecule has 1 N–H and O–H groups in total. The third kappa shape index (κ3) is 2.80. The summed E-state index contributed by atoms with van der Waals surface area (Å²) in [5.41, 5.74) is 2.05.